The molecular weight excluding hydrogens is 360 g/mol. The second-order valence-electron chi connectivity index (χ2n) is 6.44. The summed E-state index contributed by atoms with van der Waals surface area (Å²) in [6.07, 6.45) is 1.82. The summed E-state index contributed by atoms with van der Waals surface area (Å²) in [6.45, 7) is 6.68. The van der Waals surface area contributed by atoms with E-state index in [2.05, 4.69) is 80.9 Å². The van der Waals surface area contributed by atoms with Crippen LogP contribution < -0.4 is 0 Å². The van der Waals surface area contributed by atoms with Gasteiger partial charge in [0.05, 0.1) is 0 Å². The molecule has 0 amide bonds. The quantitative estimate of drug-likeness (QED) is 0.393. The molecule has 1 nitrogen and oxygen atoms in total. The van der Waals surface area contributed by atoms with Crippen molar-refractivity contribution in [2.45, 2.75) is 26.2 Å². The van der Waals surface area contributed by atoms with Crippen LogP contribution in [0.4, 0.5) is 0 Å². The summed E-state index contributed by atoms with van der Waals surface area (Å²) in [4.78, 5) is 4.47. The van der Waals surface area contributed by atoms with Crippen LogP contribution in [0.25, 0.3) is 22.4 Å². The van der Waals surface area contributed by atoms with Crippen molar-refractivity contribution in [3.63, 3.8) is 0 Å². The van der Waals surface area contributed by atoms with E-state index < -0.39 is 0 Å². The minimum atomic E-state index is 0.0716. The van der Waals surface area contributed by atoms with Gasteiger partial charge in [-0.1, -0.05) is 32.9 Å². The molecule has 127 valence electrons. The van der Waals surface area contributed by atoms with Crippen molar-refractivity contribution in [3.8, 4) is 22.4 Å². The van der Waals surface area contributed by atoms with Crippen molar-refractivity contribution in [1.82, 2.24) is 4.98 Å². The Bertz CT molecular complexity index is 707. The first kappa shape index (κ1) is 18.7. The van der Waals surface area contributed by atoms with Crippen LogP contribution in [0.2, 0.25) is 0 Å². The third-order valence-electron chi connectivity index (χ3n) is 3.68. The molecule has 3 heteroatoms. The maximum absolute atomic E-state index is 4.47. The van der Waals surface area contributed by atoms with Crippen LogP contribution in [-0.4, -0.2) is 4.98 Å². The molecule has 0 bridgehead atoms. The molecule has 0 N–H and O–H groups in total. The number of halogens is 1. The van der Waals surface area contributed by atoms with Gasteiger partial charge in [-0.05, 0) is 11.5 Å². The van der Waals surface area contributed by atoms with Crippen molar-refractivity contribution in [1.29, 1.82) is 0 Å². The number of aromatic nitrogens is 1. The van der Waals surface area contributed by atoms with Crippen LogP contribution in [0.1, 0.15) is 26.3 Å². The van der Waals surface area contributed by atoms with Crippen LogP contribution in [0.3, 0.4) is 0 Å². The molecule has 0 atom stereocenters. The molecular formula is C21H19ClNNi-2. The topological polar surface area (TPSA) is 12.9 Å². The SMILES string of the molecule is CC(C)(C)c1cc(-c2[c-]cccc2)[c-]c(-c2ccccn2)c1.[Cl][Ni]. The predicted octanol–water partition coefficient (Wildman–Crippen LogP) is 6.00. The van der Waals surface area contributed by atoms with Crippen molar-refractivity contribution >= 4 is 10.2 Å². The summed E-state index contributed by atoms with van der Waals surface area (Å²) >= 11 is 3.35. The van der Waals surface area contributed by atoms with Gasteiger partial charge in [-0.25, -0.2) is 5.56 Å². The Morgan fingerprint density at radius 3 is 2.21 bits per heavy atom. The van der Waals surface area contributed by atoms with E-state index in [0.29, 0.717) is 0 Å². The molecule has 0 spiro atoms. The first-order valence-corrected chi connectivity index (χ1v) is 8.98. The summed E-state index contributed by atoms with van der Waals surface area (Å²) < 4.78 is 0. The molecule has 0 fully saturated rings. The van der Waals surface area contributed by atoms with Gasteiger partial charge in [0.1, 0.15) is 0 Å². The molecule has 3 aromatic rings. The van der Waals surface area contributed by atoms with Gasteiger partial charge < -0.3 is 0 Å². The Balaban J connectivity index is 0.00000100. The Hall–Kier alpha value is -1.63. The molecule has 0 unspecified atom stereocenters. The standard InChI is InChI=1S/C21H19N.ClH.Ni/c1-21(2,3)19-14-17(16-9-5-4-6-10-16)13-18(15-19)20-11-7-8-12-22-20;;/h4-9,11-12,14-15H,1-3H3;1H;/q-2;;+1/p-1. The maximum atomic E-state index is 4.47. The van der Waals surface area contributed by atoms with Gasteiger partial charge in [0.2, 0.25) is 0 Å². The molecule has 0 saturated heterocycles. The van der Waals surface area contributed by atoms with E-state index in [-0.39, 0.29) is 5.41 Å². The van der Waals surface area contributed by atoms with E-state index in [1.165, 1.54) is 5.56 Å². The van der Waals surface area contributed by atoms with E-state index in [4.69, 9.17) is 0 Å². The number of nitrogens with zero attached hydrogens (tertiary/aromatic N) is 1. The second kappa shape index (κ2) is 8.47. The van der Waals surface area contributed by atoms with E-state index in [9.17, 15) is 0 Å². The number of hydrogen-bond acceptors (Lipinski definition) is 1. The first-order valence-electron chi connectivity index (χ1n) is 7.62. The van der Waals surface area contributed by atoms with Gasteiger partial charge in [0, 0.05) is 11.9 Å². The van der Waals surface area contributed by atoms with Crippen molar-refractivity contribution in [2.24, 2.45) is 0 Å². The zero-order valence-electron chi connectivity index (χ0n) is 13.9. The normalized spacial score (nSPS) is 10.8. The fourth-order valence-electron chi connectivity index (χ4n) is 2.37. The molecule has 0 saturated carbocycles. The zero-order chi connectivity index (χ0) is 17.6. The van der Waals surface area contributed by atoms with Crippen LogP contribution in [0.5, 0.6) is 0 Å². The molecule has 1 aromatic heterocycles. The van der Waals surface area contributed by atoms with Crippen molar-refractivity contribution in [2.75, 3.05) is 0 Å². The van der Waals surface area contributed by atoms with Crippen LogP contribution in [0.15, 0.2) is 60.8 Å². The van der Waals surface area contributed by atoms with E-state index >= 15 is 0 Å². The van der Waals surface area contributed by atoms with Crippen molar-refractivity contribution in [3.05, 3.63) is 78.5 Å². The molecule has 0 aliphatic rings. The molecule has 0 radical (unpaired) electrons. The first-order chi connectivity index (χ1) is 11.5. The van der Waals surface area contributed by atoms with Gasteiger partial charge in [-0.3, -0.25) is 4.98 Å². The molecule has 24 heavy (non-hydrogen) atoms. The fraction of sp³-hybridized carbons (Fsp3) is 0.190. The fourth-order valence-corrected chi connectivity index (χ4v) is 2.37. The van der Waals surface area contributed by atoms with E-state index in [0.717, 1.165) is 22.4 Å². The average Bonchev–Trinajstić information content (AvgIpc) is 2.64. The Morgan fingerprint density at radius 1 is 0.917 bits per heavy atom. The van der Waals surface area contributed by atoms with Crippen molar-refractivity contribution < 1.29 is 14.6 Å². The summed E-state index contributed by atoms with van der Waals surface area (Å²) in [6, 6.07) is 25.2. The van der Waals surface area contributed by atoms with Gasteiger partial charge in [0.25, 0.3) is 0 Å². The molecule has 3 rings (SSSR count). The molecule has 1 heterocycles. The monoisotopic (exact) mass is 378 g/mol. The van der Waals surface area contributed by atoms with E-state index in [1.54, 1.807) is 0 Å². The summed E-state index contributed by atoms with van der Waals surface area (Å²) in [5.41, 5.74) is 5.45. The zero-order valence-corrected chi connectivity index (χ0v) is 15.7. The van der Waals surface area contributed by atoms with Gasteiger partial charge >= 0.3 is 24.8 Å². The molecule has 2 aromatic carbocycles. The predicted molar refractivity (Wildman–Crippen MR) is 97.3 cm³/mol. The Morgan fingerprint density at radius 2 is 1.62 bits per heavy atom. The molecule has 0 aliphatic carbocycles. The van der Waals surface area contributed by atoms with Gasteiger partial charge in [-0.2, -0.15) is 42.0 Å². The number of benzene rings is 2. The summed E-state index contributed by atoms with van der Waals surface area (Å²) in [7, 11) is 4.26. The van der Waals surface area contributed by atoms with Gasteiger partial charge in [-0.15, -0.1) is 23.3 Å². The minimum absolute atomic E-state index is 0.0716. The van der Waals surface area contributed by atoms with Crippen LogP contribution >= 0.6 is 10.2 Å². The third-order valence-corrected chi connectivity index (χ3v) is 3.68. The second-order valence-corrected chi connectivity index (χ2v) is 6.44. The van der Waals surface area contributed by atoms with Gasteiger partial charge in [0.15, 0.2) is 0 Å². The third kappa shape index (κ3) is 4.69. The number of hydrogen-bond donors (Lipinski definition) is 0. The number of rotatable bonds is 2. The summed E-state index contributed by atoms with van der Waals surface area (Å²) in [5.74, 6) is 0. The Labute approximate surface area is 156 Å². The Kier molecular flexibility index (Phi) is 6.60. The van der Waals surface area contributed by atoms with Crippen LogP contribution in [0, 0.1) is 12.1 Å². The average molecular weight is 380 g/mol. The summed E-state index contributed by atoms with van der Waals surface area (Å²) in [5, 5.41) is 0. The molecule has 0 aliphatic heterocycles. The van der Waals surface area contributed by atoms with E-state index in [1.807, 2.05) is 42.6 Å². The van der Waals surface area contributed by atoms with Crippen LogP contribution in [-0.2, 0) is 20.0 Å². The number of pyridine rings is 1.